The van der Waals surface area contributed by atoms with Gasteiger partial charge in [-0.15, -0.1) is 5.10 Å². The van der Waals surface area contributed by atoms with Gasteiger partial charge in [-0.05, 0) is 31.9 Å². The van der Waals surface area contributed by atoms with Crippen molar-refractivity contribution >= 4 is 5.91 Å². The number of pyridine rings is 1. The summed E-state index contributed by atoms with van der Waals surface area (Å²) in [5.74, 6) is 0.637. The van der Waals surface area contributed by atoms with Crippen molar-refractivity contribution in [3.63, 3.8) is 0 Å². The van der Waals surface area contributed by atoms with Crippen LogP contribution in [-0.2, 0) is 11.3 Å². The Balaban J connectivity index is 1.45. The molecule has 1 saturated heterocycles. The number of rotatable bonds is 4. The van der Waals surface area contributed by atoms with Crippen LogP contribution in [0.3, 0.4) is 0 Å². The average molecular weight is 327 g/mol. The van der Waals surface area contributed by atoms with Gasteiger partial charge in [0, 0.05) is 30.9 Å². The van der Waals surface area contributed by atoms with Crippen LogP contribution in [0, 0.1) is 6.92 Å². The molecule has 1 unspecified atom stereocenters. The molecule has 4 rings (SSSR count). The van der Waals surface area contributed by atoms with E-state index < -0.39 is 0 Å². The molecular weight excluding hydrogens is 306 g/mol. The van der Waals surface area contributed by atoms with Crippen molar-refractivity contribution in [2.24, 2.45) is 0 Å². The molecule has 1 saturated carbocycles. The lowest BCUT2D eigenvalue weighted by Crippen LogP contribution is -2.47. The Bertz CT molecular complexity index is 727. The molecule has 2 aliphatic rings. The fraction of sp³-hybridized carbons (Fsp3) is 0.529. The molecule has 126 valence electrons. The van der Waals surface area contributed by atoms with Crippen LogP contribution in [0.5, 0.6) is 0 Å². The number of carbonyl (C=O) groups is 1. The zero-order valence-corrected chi connectivity index (χ0v) is 13.8. The summed E-state index contributed by atoms with van der Waals surface area (Å²) in [4.78, 5) is 19.3. The third-order valence-corrected chi connectivity index (χ3v) is 4.62. The monoisotopic (exact) mass is 327 g/mol. The summed E-state index contributed by atoms with van der Waals surface area (Å²) in [5, 5.41) is 7.75. The quantitative estimate of drug-likeness (QED) is 0.849. The second-order valence-electron chi connectivity index (χ2n) is 6.51. The minimum absolute atomic E-state index is 0.0363. The lowest BCUT2D eigenvalue weighted by molar-refractivity contribution is -0.0302. The molecule has 7 nitrogen and oxygen atoms in total. The van der Waals surface area contributed by atoms with Crippen molar-refractivity contribution in [3.05, 3.63) is 41.5 Å². The van der Waals surface area contributed by atoms with Gasteiger partial charge in [0.15, 0.2) is 0 Å². The molecule has 1 amide bonds. The number of hydrogen-bond acceptors (Lipinski definition) is 5. The molecule has 0 spiro atoms. The molecule has 2 aromatic rings. The Morgan fingerprint density at radius 1 is 1.38 bits per heavy atom. The van der Waals surface area contributed by atoms with E-state index >= 15 is 0 Å². The average Bonchev–Trinajstić information content (AvgIpc) is 3.32. The molecule has 7 heteroatoms. The van der Waals surface area contributed by atoms with Crippen molar-refractivity contribution in [3.8, 4) is 0 Å². The number of nitrogens with zero attached hydrogens (tertiary/aromatic N) is 5. The summed E-state index contributed by atoms with van der Waals surface area (Å²) in [7, 11) is 0. The van der Waals surface area contributed by atoms with Crippen molar-refractivity contribution in [1.29, 1.82) is 0 Å². The van der Waals surface area contributed by atoms with Gasteiger partial charge in [-0.1, -0.05) is 5.21 Å². The van der Waals surface area contributed by atoms with Crippen molar-refractivity contribution < 1.29 is 9.53 Å². The van der Waals surface area contributed by atoms with Crippen LogP contribution in [0.2, 0.25) is 0 Å². The summed E-state index contributed by atoms with van der Waals surface area (Å²) in [6, 6.07) is 3.94. The lowest BCUT2D eigenvalue weighted by atomic mass is 10.1. The van der Waals surface area contributed by atoms with Crippen LogP contribution >= 0.6 is 0 Å². The van der Waals surface area contributed by atoms with Crippen molar-refractivity contribution in [2.45, 2.75) is 38.3 Å². The Morgan fingerprint density at radius 3 is 2.96 bits per heavy atom. The molecule has 0 N–H and O–H groups in total. The number of aromatic nitrogens is 4. The zero-order valence-electron chi connectivity index (χ0n) is 13.8. The summed E-state index contributed by atoms with van der Waals surface area (Å²) in [5.41, 5.74) is 2.64. The number of carbonyl (C=O) groups excluding carboxylic acids is 1. The highest BCUT2D eigenvalue weighted by Crippen LogP contribution is 2.39. The van der Waals surface area contributed by atoms with E-state index in [0.717, 1.165) is 11.4 Å². The van der Waals surface area contributed by atoms with E-state index in [2.05, 4.69) is 15.3 Å². The highest BCUT2D eigenvalue weighted by atomic mass is 16.5. The van der Waals surface area contributed by atoms with E-state index in [-0.39, 0.29) is 12.0 Å². The molecular formula is C17H21N5O2. The van der Waals surface area contributed by atoms with E-state index in [1.54, 1.807) is 17.1 Å². The van der Waals surface area contributed by atoms with E-state index in [1.165, 1.54) is 12.8 Å². The Hall–Kier alpha value is -2.28. The minimum Gasteiger partial charge on any atom is -0.373 e. The smallest absolute Gasteiger partial charge is 0.255 e. The van der Waals surface area contributed by atoms with E-state index in [0.29, 0.717) is 37.7 Å². The molecule has 0 aromatic carbocycles. The molecule has 1 atom stereocenters. The second kappa shape index (κ2) is 6.32. The van der Waals surface area contributed by atoms with Crippen LogP contribution < -0.4 is 0 Å². The van der Waals surface area contributed by atoms with Crippen LogP contribution in [0.15, 0.2) is 24.5 Å². The van der Waals surface area contributed by atoms with Gasteiger partial charge in [0.25, 0.3) is 5.91 Å². The topological polar surface area (TPSA) is 73.1 Å². The highest BCUT2D eigenvalue weighted by molar-refractivity contribution is 5.95. The molecule has 3 heterocycles. The van der Waals surface area contributed by atoms with Gasteiger partial charge >= 0.3 is 0 Å². The number of morpholine rings is 1. The first-order chi connectivity index (χ1) is 11.7. The van der Waals surface area contributed by atoms with Gasteiger partial charge in [-0.25, -0.2) is 4.68 Å². The molecule has 2 aromatic heterocycles. The molecule has 2 fully saturated rings. The second-order valence-corrected chi connectivity index (χ2v) is 6.51. The van der Waals surface area contributed by atoms with Gasteiger partial charge < -0.3 is 9.64 Å². The predicted octanol–water partition coefficient (Wildman–Crippen LogP) is 1.40. The number of ether oxygens (including phenoxy) is 1. The van der Waals surface area contributed by atoms with E-state index in [9.17, 15) is 4.79 Å². The maximum absolute atomic E-state index is 12.9. The first kappa shape index (κ1) is 15.3. The SMILES string of the molecule is Cc1nc(C2CC2)ccc1C(=O)N1CCOC(Cn2ccnn2)C1. The molecule has 24 heavy (non-hydrogen) atoms. The summed E-state index contributed by atoms with van der Waals surface area (Å²) >= 11 is 0. The fourth-order valence-electron chi connectivity index (χ4n) is 3.14. The van der Waals surface area contributed by atoms with Gasteiger partial charge in [-0.2, -0.15) is 0 Å². The molecule has 1 aliphatic heterocycles. The molecule has 0 bridgehead atoms. The van der Waals surface area contributed by atoms with Crippen LogP contribution in [0.25, 0.3) is 0 Å². The molecule has 1 aliphatic carbocycles. The number of aryl methyl sites for hydroxylation is 1. The Labute approximate surface area is 140 Å². The minimum atomic E-state index is -0.0663. The molecule has 0 radical (unpaired) electrons. The number of hydrogen-bond donors (Lipinski definition) is 0. The summed E-state index contributed by atoms with van der Waals surface area (Å²) in [6.07, 6.45) is 5.81. The predicted molar refractivity (Wildman–Crippen MR) is 86.6 cm³/mol. The van der Waals surface area contributed by atoms with Gasteiger partial charge in [-0.3, -0.25) is 9.78 Å². The van der Waals surface area contributed by atoms with Crippen molar-refractivity contribution in [2.75, 3.05) is 19.7 Å². The maximum atomic E-state index is 12.9. The Morgan fingerprint density at radius 2 is 2.25 bits per heavy atom. The fourth-order valence-corrected chi connectivity index (χ4v) is 3.14. The third kappa shape index (κ3) is 3.17. The first-order valence-electron chi connectivity index (χ1n) is 8.43. The largest absolute Gasteiger partial charge is 0.373 e. The zero-order chi connectivity index (χ0) is 16.5. The summed E-state index contributed by atoms with van der Waals surface area (Å²) in [6.45, 7) is 4.23. The van der Waals surface area contributed by atoms with Crippen LogP contribution in [0.4, 0.5) is 0 Å². The first-order valence-corrected chi connectivity index (χ1v) is 8.43. The van der Waals surface area contributed by atoms with Gasteiger partial charge in [0.1, 0.15) is 0 Å². The Kier molecular flexibility index (Phi) is 4.02. The standard InChI is InChI=1S/C17H21N5O2/c1-12-15(4-5-16(19-12)13-2-3-13)17(23)21-8-9-24-14(10-21)11-22-7-6-18-20-22/h4-7,13-14H,2-3,8-11H2,1H3. The number of amides is 1. The van der Waals surface area contributed by atoms with Crippen molar-refractivity contribution in [1.82, 2.24) is 24.9 Å². The van der Waals surface area contributed by atoms with Gasteiger partial charge in [0.05, 0.1) is 36.7 Å². The normalized spacial score (nSPS) is 21.0. The lowest BCUT2D eigenvalue weighted by Gasteiger charge is -2.33. The maximum Gasteiger partial charge on any atom is 0.255 e. The van der Waals surface area contributed by atoms with Crippen LogP contribution in [0.1, 0.15) is 40.5 Å². The van der Waals surface area contributed by atoms with Gasteiger partial charge in [0.2, 0.25) is 0 Å². The summed E-state index contributed by atoms with van der Waals surface area (Å²) < 4.78 is 7.49. The highest BCUT2D eigenvalue weighted by Gasteiger charge is 2.29. The van der Waals surface area contributed by atoms with E-state index in [4.69, 9.17) is 4.74 Å². The third-order valence-electron chi connectivity index (χ3n) is 4.62. The van der Waals surface area contributed by atoms with E-state index in [1.807, 2.05) is 24.0 Å². The van der Waals surface area contributed by atoms with Crippen LogP contribution in [-0.4, -0.2) is 56.6 Å².